The molecule has 1 fully saturated rings. The topological polar surface area (TPSA) is 49.3 Å². The molecule has 0 aliphatic heterocycles. The number of aliphatic hydroxyl groups is 1. The van der Waals surface area contributed by atoms with Crippen molar-refractivity contribution in [2.45, 2.75) is 44.8 Å². The van der Waals surface area contributed by atoms with E-state index in [1.54, 1.807) is 0 Å². The van der Waals surface area contributed by atoms with Gasteiger partial charge < -0.3 is 5.11 Å². The Morgan fingerprint density at radius 3 is 2.75 bits per heavy atom. The SMILES string of the molecule is CCS(=O)NC1CCCCC1O. The number of hydrogen-bond donors (Lipinski definition) is 2. The highest BCUT2D eigenvalue weighted by Gasteiger charge is 2.23. The average Bonchev–Trinajstić information content (AvgIpc) is 2.09. The number of hydrogen-bond acceptors (Lipinski definition) is 2. The summed E-state index contributed by atoms with van der Waals surface area (Å²) < 4.78 is 14.1. The molecule has 1 aliphatic rings. The van der Waals surface area contributed by atoms with Crippen LogP contribution in [0, 0.1) is 0 Å². The fraction of sp³-hybridized carbons (Fsp3) is 1.00. The van der Waals surface area contributed by atoms with E-state index in [-0.39, 0.29) is 12.1 Å². The predicted octanol–water partition coefficient (Wildman–Crippen LogP) is 0.563. The molecule has 3 nitrogen and oxygen atoms in total. The van der Waals surface area contributed by atoms with Crippen LogP contribution in [0.1, 0.15) is 32.6 Å². The second-order valence-electron chi connectivity index (χ2n) is 3.21. The molecule has 0 aromatic rings. The summed E-state index contributed by atoms with van der Waals surface area (Å²) in [5, 5.41) is 9.52. The third-order valence-electron chi connectivity index (χ3n) is 2.27. The molecule has 0 aromatic heterocycles. The highest BCUT2D eigenvalue weighted by Crippen LogP contribution is 2.18. The van der Waals surface area contributed by atoms with Gasteiger partial charge in [0, 0.05) is 11.8 Å². The van der Waals surface area contributed by atoms with Gasteiger partial charge in [-0.25, -0.2) is 8.93 Å². The van der Waals surface area contributed by atoms with Crippen molar-refractivity contribution >= 4 is 11.0 Å². The Kier molecular flexibility index (Phi) is 4.18. The first-order chi connectivity index (χ1) is 5.74. The third kappa shape index (κ3) is 2.84. The van der Waals surface area contributed by atoms with Crippen LogP contribution in [0.4, 0.5) is 0 Å². The van der Waals surface area contributed by atoms with E-state index in [1.807, 2.05) is 6.92 Å². The fourth-order valence-electron chi connectivity index (χ4n) is 1.50. The van der Waals surface area contributed by atoms with Gasteiger partial charge >= 0.3 is 0 Å². The molecule has 1 rings (SSSR count). The van der Waals surface area contributed by atoms with Crippen LogP contribution < -0.4 is 4.72 Å². The number of nitrogens with one attached hydrogen (secondary N) is 1. The lowest BCUT2D eigenvalue weighted by molar-refractivity contribution is 0.102. The molecule has 0 saturated heterocycles. The Hall–Kier alpha value is 0.0700. The van der Waals surface area contributed by atoms with E-state index in [9.17, 15) is 9.32 Å². The van der Waals surface area contributed by atoms with Crippen molar-refractivity contribution < 1.29 is 9.32 Å². The molecule has 0 bridgehead atoms. The van der Waals surface area contributed by atoms with Crippen LogP contribution in [0.2, 0.25) is 0 Å². The molecule has 4 heteroatoms. The predicted molar refractivity (Wildman–Crippen MR) is 50.1 cm³/mol. The summed E-state index contributed by atoms with van der Waals surface area (Å²) in [6.45, 7) is 1.87. The summed E-state index contributed by atoms with van der Waals surface area (Å²) in [4.78, 5) is 0. The Labute approximate surface area is 76.1 Å². The van der Waals surface area contributed by atoms with Gasteiger partial charge in [0.15, 0.2) is 0 Å². The van der Waals surface area contributed by atoms with Gasteiger partial charge in [-0.3, -0.25) is 0 Å². The third-order valence-corrected chi connectivity index (χ3v) is 3.36. The largest absolute Gasteiger partial charge is 0.391 e. The fourth-order valence-corrected chi connectivity index (χ4v) is 2.28. The molecule has 1 aliphatic carbocycles. The lowest BCUT2D eigenvalue weighted by atomic mass is 9.93. The molecule has 0 radical (unpaired) electrons. The highest BCUT2D eigenvalue weighted by atomic mass is 32.2. The van der Waals surface area contributed by atoms with Gasteiger partial charge in [0.1, 0.15) is 0 Å². The van der Waals surface area contributed by atoms with Gasteiger partial charge in [0.2, 0.25) is 0 Å². The molecule has 0 aromatic carbocycles. The average molecular weight is 191 g/mol. The Morgan fingerprint density at radius 1 is 1.50 bits per heavy atom. The lowest BCUT2D eigenvalue weighted by Crippen LogP contribution is -2.43. The molecule has 12 heavy (non-hydrogen) atoms. The van der Waals surface area contributed by atoms with Gasteiger partial charge in [-0.1, -0.05) is 19.8 Å². The zero-order valence-corrected chi connectivity index (χ0v) is 8.27. The molecule has 0 heterocycles. The van der Waals surface area contributed by atoms with E-state index in [0.717, 1.165) is 25.7 Å². The van der Waals surface area contributed by atoms with Gasteiger partial charge in [-0.15, -0.1) is 0 Å². The van der Waals surface area contributed by atoms with Crippen LogP contribution >= 0.6 is 0 Å². The molecule has 1 saturated carbocycles. The minimum absolute atomic E-state index is 0.0551. The van der Waals surface area contributed by atoms with Gasteiger partial charge in [0.25, 0.3) is 0 Å². The van der Waals surface area contributed by atoms with Crippen molar-refractivity contribution in [1.29, 1.82) is 0 Å². The molecule has 3 atom stereocenters. The van der Waals surface area contributed by atoms with Crippen LogP contribution in [0.25, 0.3) is 0 Å². The van der Waals surface area contributed by atoms with Crippen molar-refractivity contribution in [3.63, 3.8) is 0 Å². The summed E-state index contributed by atoms with van der Waals surface area (Å²) in [6, 6.07) is 0.0551. The van der Waals surface area contributed by atoms with E-state index in [0.29, 0.717) is 5.75 Å². The van der Waals surface area contributed by atoms with Crippen LogP contribution in [0.5, 0.6) is 0 Å². The minimum Gasteiger partial charge on any atom is -0.391 e. The first-order valence-corrected chi connectivity index (χ1v) is 5.88. The van der Waals surface area contributed by atoms with E-state index < -0.39 is 11.0 Å². The van der Waals surface area contributed by atoms with Crippen LogP contribution in [-0.4, -0.2) is 27.2 Å². The van der Waals surface area contributed by atoms with E-state index in [1.165, 1.54) is 0 Å². The summed E-state index contributed by atoms with van der Waals surface area (Å²) in [6.07, 6.45) is 3.73. The van der Waals surface area contributed by atoms with Crippen LogP contribution in [0.15, 0.2) is 0 Å². The number of aliphatic hydroxyl groups excluding tert-OH is 1. The summed E-state index contributed by atoms with van der Waals surface area (Å²) in [5.41, 5.74) is 0. The normalized spacial score (nSPS) is 33.2. The maximum atomic E-state index is 11.1. The molecule has 3 unspecified atom stereocenters. The standard InChI is InChI=1S/C8H17NO2S/c1-2-12(11)9-7-5-3-4-6-8(7)10/h7-10H,2-6H2,1H3. The molecule has 0 amide bonds. The van der Waals surface area contributed by atoms with Gasteiger partial charge in [0.05, 0.1) is 17.1 Å². The molecular formula is C8H17NO2S. The Balaban J connectivity index is 2.33. The second kappa shape index (κ2) is 4.94. The number of rotatable bonds is 3. The Bertz CT molecular complexity index is 163. The van der Waals surface area contributed by atoms with Crippen molar-refractivity contribution in [2.24, 2.45) is 0 Å². The molecule has 2 N–H and O–H groups in total. The zero-order valence-electron chi connectivity index (χ0n) is 7.45. The van der Waals surface area contributed by atoms with Crippen LogP contribution in [-0.2, 0) is 11.0 Å². The van der Waals surface area contributed by atoms with E-state index in [4.69, 9.17) is 0 Å². The maximum Gasteiger partial charge on any atom is 0.0915 e. The monoisotopic (exact) mass is 191 g/mol. The maximum absolute atomic E-state index is 11.1. The molecule has 0 spiro atoms. The van der Waals surface area contributed by atoms with Crippen LogP contribution in [0.3, 0.4) is 0 Å². The zero-order chi connectivity index (χ0) is 8.97. The Morgan fingerprint density at radius 2 is 2.17 bits per heavy atom. The van der Waals surface area contributed by atoms with Gasteiger partial charge in [-0.2, -0.15) is 0 Å². The smallest absolute Gasteiger partial charge is 0.0915 e. The van der Waals surface area contributed by atoms with Crippen molar-refractivity contribution in [2.75, 3.05) is 5.75 Å². The first kappa shape index (κ1) is 10.2. The van der Waals surface area contributed by atoms with E-state index in [2.05, 4.69) is 4.72 Å². The molecular weight excluding hydrogens is 174 g/mol. The van der Waals surface area contributed by atoms with E-state index >= 15 is 0 Å². The van der Waals surface area contributed by atoms with Crippen molar-refractivity contribution in [3.8, 4) is 0 Å². The quantitative estimate of drug-likeness (QED) is 0.685. The van der Waals surface area contributed by atoms with Gasteiger partial charge in [-0.05, 0) is 12.8 Å². The second-order valence-corrected chi connectivity index (χ2v) is 4.71. The first-order valence-electron chi connectivity index (χ1n) is 4.56. The summed E-state index contributed by atoms with van der Waals surface area (Å²) >= 11 is 0. The lowest BCUT2D eigenvalue weighted by Gasteiger charge is -2.27. The molecule has 72 valence electrons. The van der Waals surface area contributed by atoms with Crippen molar-refractivity contribution in [3.05, 3.63) is 0 Å². The van der Waals surface area contributed by atoms with Crippen molar-refractivity contribution in [1.82, 2.24) is 4.72 Å². The highest BCUT2D eigenvalue weighted by molar-refractivity contribution is 7.82. The summed E-state index contributed by atoms with van der Waals surface area (Å²) in [5.74, 6) is 0.614. The minimum atomic E-state index is -0.955. The summed E-state index contributed by atoms with van der Waals surface area (Å²) in [7, 11) is -0.955.